The van der Waals surface area contributed by atoms with Crippen LogP contribution in [0.25, 0.3) is 16.9 Å². The summed E-state index contributed by atoms with van der Waals surface area (Å²) in [4.78, 5) is 23.6. The van der Waals surface area contributed by atoms with Crippen LogP contribution in [0.4, 0.5) is 21.6 Å². The Hall–Kier alpha value is -4.18. The van der Waals surface area contributed by atoms with Crippen molar-refractivity contribution in [3.8, 4) is 17.1 Å². The van der Waals surface area contributed by atoms with Gasteiger partial charge in [0.15, 0.2) is 0 Å². The van der Waals surface area contributed by atoms with E-state index in [9.17, 15) is 9.18 Å². The molecule has 0 bridgehead atoms. The summed E-state index contributed by atoms with van der Waals surface area (Å²) < 4.78 is 43.2. The van der Waals surface area contributed by atoms with Gasteiger partial charge in [-0.2, -0.15) is 4.98 Å². The largest absolute Gasteiger partial charge is 0.474 e. The minimum absolute atomic E-state index is 0.184. The fourth-order valence-corrected chi connectivity index (χ4v) is 4.89. The van der Waals surface area contributed by atoms with E-state index in [4.69, 9.17) is 12.2 Å². The minimum atomic E-state index is -1.96. The van der Waals surface area contributed by atoms with E-state index in [1.54, 1.807) is 28.9 Å². The highest BCUT2D eigenvalue weighted by Gasteiger charge is 2.32. The average molecular weight is 474 g/mol. The van der Waals surface area contributed by atoms with Gasteiger partial charge in [0, 0.05) is 30.9 Å². The molecule has 1 amide bonds. The van der Waals surface area contributed by atoms with Crippen LogP contribution in [0.5, 0.6) is 5.88 Å². The molecule has 1 atom stereocenters. The first kappa shape index (κ1) is 18.2. The number of carbonyl (C=O) groups excluding carboxylic acids is 1. The second-order valence-corrected chi connectivity index (χ2v) is 8.56. The van der Waals surface area contributed by atoms with Gasteiger partial charge in [0.25, 0.3) is 5.91 Å². The lowest BCUT2D eigenvalue weighted by Gasteiger charge is -2.40. The number of anilines is 3. The lowest BCUT2D eigenvalue weighted by Crippen LogP contribution is -2.51. The van der Waals surface area contributed by atoms with Crippen LogP contribution in [0.2, 0.25) is 0 Å². The molecule has 0 unspecified atom stereocenters. The summed E-state index contributed by atoms with van der Waals surface area (Å²) in [5.41, 5.74) is 4.58. The number of nitrogens with zero attached hydrogens (tertiary/aromatic N) is 4. The first-order valence-corrected chi connectivity index (χ1v) is 11.3. The number of benzene rings is 1. The summed E-state index contributed by atoms with van der Waals surface area (Å²) in [6, 6.07) is 9.47. The van der Waals surface area contributed by atoms with Crippen molar-refractivity contribution in [3.05, 3.63) is 65.7 Å². The molecule has 1 aromatic carbocycles. The maximum atomic E-state index is 13.6. The van der Waals surface area contributed by atoms with Gasteiger partial charge in [-0.3, -0.25) is 9.20 Å². The molecular weight excluding hydrogens is 451 g/mol. The fourth-order valence-electron chi connectivity index (χ4n) is 4.89. The minimum Gasteiger partial charge on any atom is -0.474 e. The van der Waals surface area contributed by atoms with E-state index in [-0.39, 0.29) is 24.2 Å². The molecule has 0 spiro atoms. The van der Waals surface area contributed by atoms with Gasteiger partial charge < -0.3 is 25.0 Å². The Labute approximate surface area is 202 Å². The third-order valence-corrected chi connectivity index (χ3v) is 6.55. The Morgan fingerprint density at radius 2 is 2.20 bits per heavy atom. The number of ether oxygens (including phenoxy) is 2. The molecule has 176 valence electrons. The molecule has 7 rings (SSSR count). The van der Waals surface area contributed by atoms with Crippen molar-refractivity contribution >= 4 is 28.7 Å². The van der Waals surface area contributed by atoms with Crippen LogP contribution in [0.15, 0.2) is 48.8 Å². The number of carbonyl (C=O) groups is 1. The number of fused-ring (bicyclic) bond motifs is 5. The van der Waals surface area contributed by atoms with E-state index in [2.05, 4.69) is 20.6 Å². The highest BCUT2D eigenvalue weighted by atomic mass is 19.1. The number of aromatic nitrogens is 3. The molecule has 1 fully saturated rings. The third-order valence-electron chi connectivity index (χ3n) is 6.55. The summed E-state index contributed by atoms with van der Waals surface area (Å²) in [6.45, 7) is -0.339. The smallest absolute Gasteiger partial charge is 0.254 e. The van der Waals surface area contributed by atoms with Crippen molar-refractivity contribution in [1.82, 2.24) is 19.7 Å². The number of amides is 1. The summed E-state index contributed by atoms with van der Waals surface area (Å²) in [6.07, 6.45) is 3.28. The van der Waals surface area contributed by atoms with Crippen molar-refractivity contribution in [2.75, 3.05) is 36.5 Å². The molecule has 3 aliphatic rings. The molecule has 10 heteroatoms. The Morgan fingerprint density at radius 3 is 3.14 bits per heavy atom. The van der Waals surface area contributed by atoms with Crippen LogP contribution < -0.4 is 20.3 Å². The highest BCUT2D eigenvalue weighted by molar-refractivity contribution is 6.06. The molecule has 2 N–H and O–H groups in total. The first-order chi connectivity index (χ1) is 17.9. The van der Waals surface area contributed by atoms with Gasteiger partial charge in [-0.15, -0.1) is 0 Å². The van der Waals surface area contributed by atoms with Crippen molar-refractivity contribution in [1.29, 1.82) is 0 Å². The number of morpholine rings is 1. The van der Waals surface area contributed by atoms with Crippen LogP contribution in [0.1, 0.15) is 18.7 Å². The predicted molar refractivity (Wildman–Crippen MR) is 127 cm³/mol. The Bertz CT molecular complexity index is 1590. The molecule has 6 heterocycles. The number of imidazole rings is 1. The van der Waals surface area contributed by atoms with Crippen LogP contribution >= 0.6 is 0 Å². The molecule has 4 aromatic rings. The number of halogens is 1. The summed E-state index contributed by atoms with van der Waals surface area (Å²) in [7, 11) is 0. The Balaban J connectivity index is 1.26. The number of hydrogen-bond acceptors (Lipinski definition) is 7. The van der Waals surface area contributed by atoms with Gasteiger partial charge in [-0.1, -0.05) is 6.07 Å². The van der Waals surface area contributed by atoms with Gasteiger partial charge in [-0.05, 0) is 29.8 Å². The highest BCUT2D eigenvalue weighted by Crippen LogP contribution is 2.38. The lowest BCUT2D eigenvalue weighted by molar-refractivity contribution is 0.0693. The van der Waals surface area contributed by atoms with Gasteiger partial charge >= 0.3 is 0 Å². The van der Waals surface area contributed by atoms with E-state index < -0.39 is 12.6 Å². The Kier molecular flexibility index (Phi) is 3.99. The lowest BCUT2D eigenvalue weighted by atomic mass is 9.99. The zero-order valence-corrected chi connectivity index (χ0v) is 18.4. The summed E-state index contributed by atoms with van der Waals surface area (Å²) in [5, 5.41) is 6.09. The monoisotopic (exact) mass is 474 g/mol. The summed E-state index contributed by atoms with van der Waals surface area (Å²) in [5.74, 6) is 0.0101. The number of hydrogen-bond donors (Lipinski definition) is 2. The fraction of sp³-hybridized carbons (Fsp3) is 0.240. The van der Waals surface area contributed by atoms with E-state index in [1.807, 2.05) is 17.0 Å². The maximum absolute atomic E-state index is 13.6. The zero-order valence-electron chi connectivity index (χ0n) is 20.4. The second-order valence-electron chi connectivity index (χ2n) is 8.56. The average Bonchev–Trinajstić information content (AvgIpc) is 3.48. The Morgan fingerprint density at radius 1 is 1.26 bits per heavy atom. The quantitative estimate of drug-likeness (QED) is 0.471. The van der Waals surface area contributed by atoms with Crippen molar-refractivity contribution in [3.63, 3.8) is 0 Å². The maximum Gasteiger partial charge on any atom is 0.254 e. The van der Waals surface area contributed by atoms with E-state index >= 15 is 0 Å². The van der Waals surface area contributed by atoms with Crippen LogP contribution in [0, 0.1) is 5.82 Å². The van der Waals surface area contributed by atoms with Crippen LogP contribution in [-0.2, 0) is 11.3 Å². The van der Waals surface area contributed by atoms with Crippen LogP contribution in [0.3, 0.4) is 0 Å². The molecule has 35 heavy (non-hydrogen) atoms. The van der Waals surface area contributed by atoms with E-state index in [0.29, 0.717) is 48.1 Å². The van der Waals surface area contributed by atoms with E-state index in [1.165, 1.54) is 12.1 Å². The molecule has 0 saturated carbocycles. The van der Waals surface area contributed by atoms with Crippen molar-refractivity contribution in [2.45, 2.75) is 12.6 Å². The van der Waals surface area contributed by atoms with Gasteiger partial charge in [-0.25, -0.2) is 9.37 Å². The molecule has 3 aromatic heterocycles. The first-order valence-electron chi connectivity index (χ1n) is 12.3. The standard InChI is InChI=1S/C25H21FN6O3/c26-14-5-6-32-20(11-27-22(32)9-14)16-1-2-18(23-17(16)10-28-24(23)33)29-21-4-3-19-25(30-21)35-13-15-12-34-8-7-31(15)19/h1-6,9,11,15H,7-8,10,12-13H2,(H,28,33)(H,29,30)/t15-/m0/s1/i13D2. The van der Waals surface area contributed by atoms with Crippen molar-refractivity contribution in [2.24, 2.45) is 0 Å². The van der Waals surface area contributed by atoms with Gasteiger partial charge in [0.2, 0.25) is 5.88 Å². The van der Waals surface area contributed by atoms with Gasteiger partial charge in [0.1, 0.15) is 29.5 Å². The second kappa shape index (κ2) is 7.67. The molecule has 1 saturated heterocycles. The topological polar surface area (TPSA) is 93.0 Å². The SMILES string of the molecule is [2H]C1([2H])Oc2nc(Nc3ccc(-c4cnc5cc(F)ccn45)c4c3C(=O)NC4)ccc2N2CCOC[C@H]21. The molecule has 3 aliphatic heterocycles. The number of nitrogens with one attached hydrogen (secondary N) is 2. The molecule has 9 nitrogen and oxygen atoms in total. The molecular formula is C25H21FN6O3. The predicted octanol–water partition coefficient (Wildman–Crippen LogP) is 3.12. The number of rotatable bonds is 3. The normalized spacial score (nSPS) is 20.8. The zero-order chi connectivity index (χ0) is 25.3. The van der Waals surface area contributed by atoms with Crippen molar-refractivity contribution < 1.29 is 21.4 Å². The van der Waals surface area contributed by atoms with Gasteiger partial charge in [0.05, 0.1) is 45.1 Å². The van der Waals surface area contributed by atoms with E-state index in [0.717, 1.165) is 16.8 Å². The summed E-state index contributed by atoms with van der Waals surface area (Å²) >= 11 is 0. The molecule has 0 aliphatic carbocycles. The van der Waals surface area contributed by atoms with Crippen LogP contribution in [-0.4, -0.2) is 52.6 Å². The third kappa shape index (κ3) is 3.21. The number of pyridine rings is 2. The molecule has 0 radical (unpaired) electrons.